The fourth-order valence-electron chi connectivity index (χ4n) is 2.32. The molecule has 0 aliphatic carbocycles. The van der Waals surface area contributed by atoms with Crippen LogP contribution in [0.5, 0.6) is 5.75 Å². The number of aromatic nitrogens is 1. The normalized spacial score (nSPS) is 12.2. The van der Waals surface area contributed by atoms with Crippen molar-refractivity contribution in [3.63, 3.8) is 0 Å². The molecule has 0 aliphatic heterocycles. The number of nitrogens with one attached hydrogen (secondary N) is 1. The summed E-state index contributed by atoms with van der Waals surface area (Å²) < 4.78 is 5.28. The van der Waals surface area contributed by atoms with Gasteiger partial charge in [0, 0.05) is 18.1 Å². The Morgan fingerprint density at radius 3 is 2.91 bits per heavy atom. The van der Waals surface area contributed by atoms with Gasteiger partial charge in [-0.1, -0.05) is 12.1 Å². The molecule has 3 nitrogen and oxygen atoms in total. The van der Waals surface area contributed by atoms with Crippen molar-refractivity contribution >= 4 is 22.7 Å². The highest BCUT2D eigenvalue weighted by molar-refractivity contribution is 7.09. The van der Waals surface area contributed by atoms with E-state index in [1.54, 1.807) is 29.8 Å². The number of benzene rings is 1. The molecule has 1 N–H and O–H groups in total. The van der Waals surface area contributed by atoms with Gasteiger partial charge in [0.2, 0.25) is 0 Å². The zero-order valence-electron chi connectivity index (χ0n) is 12.4. The molecule has 114 valence electrons. The second kappa shape index (κ2) is 7.54. The fourth-order valence-corrected chi connectivity index (χ4v) is 3.72. The molecule has 0 saturated carbocycles. The molecule has 22 heavy (non-hydrogen) atoms. The number of methoxy groups -OCH3 is 1. The molecule has 1 atom stereocenters. The maximum atomic E-state index is 5.28. The molecular formula is C17H18N2OS2. The van der Waals surface area contributed by atoms with Crippen LogP contribution in [0.2, 0.25) is 0 Å². The summed E-state index contributed by atoms with van der Waals surface area (Å²) in [5.74, 6) is 0.892. The van der Waals surface area contributed by atoms with Gasteiger partial charge in [0.05, 0.1) is 13.2 Å². The van der Waals surface area contributed by atoms with Crippen molar-refractivity contribution in [2.75, 3.05) is 7.11 Å². The molecular weight excluding hydrogens is 312 g/mol. The van der Waals surface area contributed by atoms with Crippen LogP contribution in [0.15, 0.2) is 52.7 Å². The second-order valence-corrected chi connectivity index (χ2v) is 6.70. The summed E-state index contributed by atoms with van der Waals surface area (Å²) >= 11 is 3.44. The van der Waals surface area contributed by atoms with Crippen LogP contribution >= 0.6 is 22.7 Å². The Balaban J connectivity index is 1.69. The fraction of sp³-hybridized carbons (Fsp3) is 0.235. The Bertz CT molecular complexity index is 681. The van der Waals surface area contributed by atoms with E-state index in [0.717, 1.165) is 23.7 Å². The minimum Gasteiger partial charge on any atom is -0.497 e. The molecule has 0 unspecified atom stereocenters. The monoisotopic (exact) mass is 330 g/mol. The van der Waals surface area contributed by atoms with E-state index in [0.29, 0.717) is 0 Å². The number of hydrogen-bond acceptors (Lipinski definition) is 5. The predicted octanol–water partition coefficient (Wildman–Crippen LogP) is 4.29. The molecule has 2 aromatic heterocycles. The first-order valence-electron chi connectivity index (χ1n) is 7.12. The Morgan fingerprint density at radius 2 is 2.18 bits per heavy atom. The van der Waals surface area contributed by atoms with Crippen LogP contribution in [0.1, 0.15) is 22.2 Å². The first kappa shape index (κ1) is 15.2. The summed E-state index contributed by atoms with van der Waals surface area (Å²) in [7, 11) is 1.70. The van der Waals surface area contributed by atoms with E-state index in [9.17, 15) is 0 Å². The standard InChI is InChI=1S/C17H18N2OS2/c1-20-15-4-2-3-13(9-15)11-19-16(17-18-6-8-22-17)10-14-5-7-21-12-14/h2-9,12,16,19H,10-11H2,1H3/t16-/m0/s1. The van der Waals surface area contributed by atoms with Crippen molar-refractivity contribution < 1.29 is 4.74 Å². The van der Waals surface area contributed by atoms with Crippen LogP contribution < -0.4 is 10.1 Å². The zero-order valence-corrected chi connectivity index (χ0v) is 14.0. The lowest BCUT2D eigenvalue weighted by molar-refractivity contribution is 0.413. The molecule has 3 rings (SSSR count). The predicted molar refractivity (Wildman–Crippen MR) is 92.7 cm³/mol. The molecule has 0 saturated heterocycles. The van der Waals surface area contributed by atoms with Crippen LogP contribution in [0.4, 0.5) is 0 Å². The first-order valence-corrected chi connectivity index (χ1v) is 8.94. The number of hydrogen-bond donors (Lipinski definition) is 1. The molecule has 0 radical (unpaired) electrons. The highest BCUT2D eigenvalue weighted by Gasteiger charge is 2.15. The Hall–Kier alpha value is -1.69. The Morgan fingerprint density at radius 1 is 1.23 bits per heavy atom. The molecule has 1 aromatic carbocycles. The molecule has 0 aliphatic rings. The van der Waals surface area contributed by atoms with Crippen LogP contribution in [-0.2, 0) is 13.0 Å². The SMILES string of the molecule is COc1cccc(CN[C@@H](Cc2ccsc2)c2nccs2)c1. The zero-order chi connectivity index (χ0) is 15.2. The lowest BCUT2D eigenvalue weighted by atomic mass is 10.1. The summed E-state index contributed by atoms with van der Waals surface area (Å²) in [6.07, 6.45) is 2.83. The highest BCUT2D eigenvalue weighted by Crippen LogP contribution is 2.23. The smallest absolute Gasteiger partial charge is 0.119 e. The molecule has 0 fully saturated rings. The van der Waals surface area contributed by atoms with Crippen molar-refractivity contribution in [2.24, 2.45) is 0 Å². The first-order chi connectivity index (χ1) is 10.8. The maximum Gasteiger partial charge on any atom is 0.119 e. The minimum atomic E-state index is 0.237. The van der Waals surface area contributed by atoms with E-state index in [2.05, 4.69) is 39.3 Å². The van der Waals surface area contributed by atoms with Gasteiger partial charge in [-0.15, -0.1) is 11.3 Å². The van der Waals surface area contributed by atoms with Crippen LogP contribution in [0.3, 0.4) is 0 Å². The highest BCUT2D eigenvalue weighted by atomic mass is 32.1. The summed E-state index contributed by atoms with van der Waals surface area (Å²) in [4.78, 5) is 4.48. The van der Waals surface area contributed by atoms with Gasteiger partial charge in [0.1, 0.15) is 10.8 Å². The van der Waals surface area contributed by atoms with Crippen LogP contribution in [0.25, 0.3) is 0 Å². The third-order valence-electron chi connectivity index (χ3n) is 3.46. The van der Waals surface area contributed by atoms with E-state index in [1.165, 1.54) is 11.1 Å². The maximum absolute atomic E-state index is 5.28. The van der Waals surface area contributed by atoms with Gasteiger partial charge in [-0.3, -0.25) is 0 Å². The molecule has 3 aromatic rings. The van der Waals surface area contributed by atoms with Gasteiger partial charge in [-0.2, -0.15) is 11.3 Å². The number of rotatable bonds is 7. The van der Waals surface area contributed by atoms with Crippen molar-refractivity contribution in [1.29, 1.82) is 0 Å². The minimum absolute atomic E-state index is 0.237. The van der Waals surface area contributed by atoms with Gasteiger partial charge in [-0.25, -0.2) is 4.98 Å². The van der Waals surface area contributed by atoms with Gasteiger partial charge in [-0.05, 0) is 46.5 Å². The average molecular weight is 330 g/mol. The van der Waals surface area contributed by atoms with Crippen LogP contribution in [0, 0.1) is 0 Å². The van der Waals surface area contributed by atoms with E-state index < -0.39 is 0 Å². The van der Waals surface area contributed by atoms with Crippen molar-refractivity contribution in [2.45, 2.75) is 19.0 Å². The van der Waals surface area contributed by atoms with Gasteiger partial charge in [0.15, 0.2) is 0 Å². The summed E-state index contributed by atoms with van der Waals surface area (Å²) in [6, 6.07) is 10.6. The largest absolute Gasteiger partial charge is 0.497 e. The van der Waals surface area contributed by atoms with E-state index in [1.807, 2.05) is 23.7 Å². The lowest BCUT2D eigenvalue weighted by Gasteiger charge is -2.16. The Kier molecular flexibility index (Phi) is 5.21. The topological polar surface area (TPSA) is 34.1 Å². The average Bonchev–Trinajstić information content (AvgIpc) is 3.25. The number of nitrogens with zero attached hydrogens (tertiary/aromatic N) is 1. The molecule has 5 heteroatoms. The molecule has 2 heterocycles. The van der Waals surface area contributed by atoms with Gasteiger partial charge >= 0.3 is 0 Å². The third-order valence-corrected chi connectivity index (χ3v) is 5.08. The molecule has 0 bridgehead atoms. The summed E-state index contributed by atoms with van der Waals surface area (Å²) in [6.45, 7) is 0.797. The summed E-state index contributed by atoms with van der Waals surface area (Å²) in [5, 5.41) is 11.1. The number of thiophene rings is 1. The quantitative estimate of drug-likeness (QED) is 0.702. The lowest BCUT2D eigenvalue weighted by Crippen LogP contribution is -2.22. The molecule has 0 spiro atoms. The Labute approximate surface area is 138 Å². The van der Waals surface area contributed by atoms with Crippen molar-refractivity contribution in [3.05, 3.63) is 68.8 Å². The van der Waals surface area contributed by atoms with Gasteiger partial charge < -0.3 is 10.1 Å². The van der Waals surface area contributed by atoms with Crippen LogP contribution in [-0.4, -0.2) is 12.1 Å². The van der Waals surface area contributed by atoms with Crippen molar-refractivity contribution in [3.8, 4) is 5.75 Å². The second-order valence-electron chi connectivity index (χ2n) is 4.99. The van der Waals surface area contributed by atoms with E-state index >= 15 is 0 Å². The van der Waals surface area contributed by atoms with E-state index in [-0.39, 0.29) is 6.04 Å². The van der Waals surface area contributed by atoms with Gasteiger partial charge in [0.25, 0.3) is 0 Å². The number of ether oxygens (including phenoxy) is 1. The molecule has 0 amide bonds. The van der Waals surface area contributed by atoms with E-state index in [4.69, 9.17) is 4.74 Å². The summed E-state index contributed by atoms with van der Waals surface area (Å²) in [5.41, 5.74) is 2.56. The van der Waals surface area contributed by atoms with Crippen molar-refractivity contribution in [1.82, 2.24) is 10.3 Å². The number of thiazole rings is 1. The third kappa shape index (κ3) is 3.94.